The molecule has 0 radical (unpaired) electrons. The number of fused-ring (bicyclic) bond motifs is 4. The van der Waals surface area contributed by atoms with Crippen LogP contribution in [0.15, 0.2) is 0 Å². The van der Waals surface area contributed by atoms with E-state index in [9.17, 15) is 10.2 Å². The van der Waals surface area contributed by atoms with Crippen molar-refractivity contribution in [2.45, 2.75) is 175 Å². The van der Waals surface area contributed by atoms with Crippen molar-refractivity contribution in [2.75, 3.05) is 39.4 Å². The summed E-state index contributed by atoms with van der Waals surface area (Å²) >= 11 is 0. The van der Waals surface area contributed by atoms with Gasteiger partial charge in [0.05, 0.1) is 36.6 Å². The second-order valence-electron chi connectivity index (χ2n) is 20.7. The van der Waals surface area contributed by atoms with Gasteiger partial charge in [0.2, 0.25) is 0 Å². The van der Waals surface area contributed by atoms with Gasteiger partial charge in [-0.15, -0.1) is 0 Å². The molecule has 8 fully saturated rings. The average Bonchev–Trinajstić information content (AvgIpc) is 3.64. The van der Waals surface area contributed by atoms with Crippen molar-refractivity contribution in [1.82, 2.24) is 9.80 Å². The number of ether oxygens (including phenoxy) is 4. The van der Waals surface area contributed by atoms with E-state index in [-0.39, 0.29) is 47.0 Å². The Bertz CT molecular complexity index is 1280. The average molecular weight is 701 g/mol. The third kappa shape index (κ3) is 4.96. The Morgan fingerprint density at radius 2 is 1.66 bits per heavy atom. The molecule has 14 atom stereocenters. The molecule has 8 nitrogen and oxygen atoms in total. The molecule has 2 N–H and O–H groups in total. The third-order valence-electron chi connectivity index (χ3n) is 17.7. The van der Waals surface area contributed by atoms with E-state index in [1.54, 1.807) is 13.8 Å². The molecule has 2 spiro atoms. The molecule has 0 aromatic heterocycles. The van der Waals surface area contributed by atoms with E-state index in [2.05, 4.69) is 65.2 Å². The lowest BCUT2D eigenvalue weighted by Gasteiger charge is -2.64. The molecule has 5 saturated carbocycles. The van der Waals surface area contributed by atoms with Crippen LogP contribution in [0.3, 0.4) is 0 Å². The van der Waals surface area contributed by atoms with Crippen molar-refractivity contribution >= 4 is 0 Å². The molecule has 0 aromatic rings. The zero-order valence-electron chi connectivity index (χ0n) is 33.2. The van der Waals surface area contributed by atoms with Gasteiger partial charge in [-0.25, -0.2) is 0 Å². The number of hydrogen-bond donors (Lipinski definition) is 2. The van der Waals surface area contributed by atoms with Crippen LogP contribution < -0.4 is 0 Å². The Morgan fingerprint density at radius 3 is 2.34 bits per heavy atom. The van der Waals surface area contributed by atoms with Gasteiger partial charge in [0.1, 0.15) is 6.10 Å². The molecule has 0 bridgehead atoms. The molecule has 3 aliphatic heterocycles. The zero-order chi connectivity index (χ0) is 35.8. The first-order valence-electron chi connectivity index (χ1n) is 20.9. The predicted octanol–water partition coefficient (Wildman–Crippen LogP) is 6.11. The highest BCUT2D eigenvalue weighted by atomic mass is 16.7. The first-order chi connectivity index (χ1) is 23.4. The molecule has 3 heterocycles. The van der Waals surface area contributed by atoms with Crippen LogP contribution in [-0.2, 0) is 18.9 Å². The van der Waals surface area contributed by atoms with E-state index in [0.29, 0.717) is 53.2 Å². The first-order valence-corrected chi connectivity index (χ1v) is 20.9. The van der Waals surface area contributed by atoms with Crippen LogP contribution >= 0.6 is 0 Å². The lowest BCUT2D eigenvalue weighted by atomic mass is 9.41. The van der Waals surface area contributed by atoms with Gasteiger partial charge in [-0.05, 0) is 131 Å². The molecule has 8 heteroatoms. The summed E-state index contributed by atoms with van der Waals surface area (Å²) in [5.41, 5.74) is -0.227. The van der Waals surface area contributed by atoms with Gasteiger partial charge in [0, 0.05) is 50.3 Å². The lowest BCUT2D eigenvalue weighted by molar-refractivity contribution is -0.254. The molecule has 5 aliphatic carbocycles. The second kappa shape index (κ2) is 12.1. The Kier molecular flexibility index (Phi) is 8.86. The van der Waals surface area contributed by atoms with Crippen molar-refractivity contribution in [3.05, 3.63) is 0 Å². The molecular weight excluding hydrogens is 628 g/mol. The molecule has 8 aliphatic rings. The maximum atomic E-state index is 11.2. The zero-order valence-corrected chi connectivity index (χ0v) is 33.2. The summed E-state index contributed by atoms with van der Waals surface area (Å²) in [7, 11) is 0. The lowest BCUT2D eigenvalue weighted by Crippen LogP contribution is -2.64. The van der Waals surface area contributed by atoms with Gasteiger partial charge in [-0.2, -0.15) is 0 Å². The van der Waals surface area contributed by atoms with E-state index in [1.807, 2.05) is 0 Å². The van der Waals surface area contributed by atoms with Crippen LogP contribution in [0.4, 0.5) is 0 Å². The smallest absolute Gasteiger partial charge is 0.170 e. The molecule has 8 rings (SSSR count). The number of morpholine rings is 1. The van der Waals surface area contributed by atoms with Crippen molar-refractivity contribution in [3.8, 4) is 0 Å². The summed E-state index contributed by atoms with van der Waals surface area (Å²) in [6.45, 7) is 28.5. The molecule has 0 aromatic carbocycles. The van der Waals surface area contributed by atoms with Crippen molar-refractivity contribution in [1.29, 1.82) is 0 Å². The number of aliphatic hydroxyl groups excluding tert-OH is 1. The normalized spacial score (nSPS) is 51.2. The minimum absolute atomic E-state index is 0.000457. The molecule has 14 unspecified atom stereocenters. The Morgan fingerprint density at radius 1 is 0.960 bits per heavy atom. The maximum Gasteiger partial charge on any atom is 0.170 e. The second-order valence-corrected chi connectivity index (χ2v) is 20.7. The van der Waals surface area contributed by atoms with E-state index >= 15 is 0 Å². The van der Waals surface area contributed by atoms with Crippen LogP contribution in [-0.4, -0.2) is 114 Å². The van der Waals surface area contributed by atoms with Crippen molar-refractivity contribution < 1.29 is 29.2 Å². The van der Waals surface area contributed by atoms with E-state index in [0.717, 1.165) is 32.5 Å². The van der Waals surface area contributed by atoms with Crippen LogP contribution in [0.2, 0.25) is 0 Å². The fourth-order valence-corrected chi connectivity index (χ4v) is 15.0. The van der Waals surface area contributed by atoms with E-state index in [1.165, 1.54) is 51.6 Å². The predicted molar refractivity (Wildman–Crippen MR) is 194 cm³/mol. The minimum atomic E-state index is -1.20. The van der Waals surface area contributed by atoms with Gasteiger partial charge in [0.25, 0.3) is 0 Å². The maximum absolute atomic E-state index is 11.2. The Labute approximate surface area is 303 Å². The largest absolute Gasteiger partial charge is 0.388 e. The van der Waals surface area contributed by atoms with Crippen LogP contribution in [0.1, 0.15) is 121 Å². The molecular formula is C42H72N2O6. The molecule has 50 heavy (non-hydrogen) atoms. The fourth-order valence-electron chi connectivity index (χ4n) is 15.0. The van der Waals surface area contributed by atoms with Crippen molar-refractivity contribution in [2.24, 2.45) is 50.7 Å². The minimum Gasteiger partial charge on any atom is -0.388 e. The first kappa shape index (κ1) is 36.6. The summed E-state index contributed by atoms with van der Waals surface area (Å²) in [6, 6.07) is 1.27. The number of aliphatic hydroxyl groups is 2. The SMILES string of the molecule is CCOC1C2OC(C(O)C(C)(C)O)CC(C)C2C2(C)CCC34CC35CCC(OC3CN(C6CN(C(C)C)C6)CCO3)C(C)(C)C5CCC4C12C. The monoisotopic (exact) mass is 701 g/mol. The highest BCUT2D eigenvalue weighted by molar-refractivity contribution is 5.33. The van der Waals surface area contributed by atoms with E-state index in [4.69, 9.17) is 18.9 Å². The summed E-state index contributed by atoms with van der Waals surface area (Å²) in [5, 5.41) is 22.0. The quantitative estimate of drug-likeness (QED) is 0.314. The standard InChI is InChI=1S/C42H72N2O6/c1-11-47-36-34-33(26(4)20-28(49-34)35(45)38(7,8)46)39(9)16-17-42-24-41(42)15-14-31(37(5,6)29(41)12-13-30(42)40(36,39)10)50-32-23-43(18-19-48-32)27-21-44(22-27)25(2)3/h25-36,45-46H,11-24H2,1-10H3. The van der Waals surface area contributed by atoms with Gasteiger partial charge in [-0.3, -0.25) is 9.80 Å². The highest BCUT2D eigenvalue weighted by Crippen LogP contribution is 2.89. The number of hydrogen-bond acceptors (Lipinski definition) is 8. The highest BCUT2D eigenvalue weighted by Gasteiger charge is 2.85. The van der Waals surface area contributed by atoms with Gasteiger partial charge < -0.3 is 29.2 Å². The van der Waals surface area contributed by atoms with Gasteiger partial charge in [-0.1, -0.05) is 34.6 Å². The van der Waals surface area contributed by atoms with Gasteiger partial charge >= 0.3 is 0 Å². The number of nitrogens with zero attached hydrogens (tertiary/aromatic N) is 2. The van der Waals surface area contributed by atoms with Crippen molar-refractivity contribution in [3.63, 3.8) is 0 Å². The summed E-state index contributed by atoms with van der Waals surface area (Å²) < 4.78 is 27.3. The van der Waals surface area contributed by atoms with Crippen LogP contribution in [0.5, 0.6) is 0 Å². The number of rotatable bonds is 8. The van der Waals surface area contributed by atoms with Crippen LogP contribution in [0.25, 0.3) is 0 Å². The molecule has 286 valence electrons. The molecule has 0 amide bonds. The summed E-state index contributed by atoms with van der Waals surface area (Å²) in [4.78, 5) is 5.20. The van der Waals surface area contributed by atoms with Crippen LogP contribution in [0, 0.1) is 50.7 Å². The third-order valence-corrected chi connectivity index (χ3v) is 17.7. The number of likely N-dealkylation sites (tertiary alicyclic amines) is 1. The molecule has 3 saturated heterocycles. The summed E-state index contributed by atoms with van der Waals surface area (Å²) in [5.74, 6) is 2.06. The topological polar surface area (TPSA) is 83.9 Å². The van der Waals surface area contributed by atoms with Gasteiger partial charge in [0.15, 0.2) is 6.29 Å². The Balaban J connectivity index is 1.01. The Hall–Kier alpha value is -0.320. The summed E-state index contributed by atoms with van der Waals surface area (Å²) in [6.07, 6.45) is 8.39. The fraction of sp³-hybridized carbons (Fsp3) is 1.00. The van der Waals surface area contributed by atoms with E-state index < -0.39 is 11.7 Å².